The summed E-state index contributed by atoms with van der Waals surface area (Å²) in [4.78, 5) is 10.8. The number of alkyl halides is 1. The van der Waals surface area contributed by atoms with Gasteiger partial charge in [0.1, 0.15) is 0 Å². The molecule has 5 heteroatoms. The van der Waals surface area contributed by atoms with Crippen LogP contribution < -0.4 is 0 Å². The van der Waals surface area contributed by atoms with E-state index in [1.807, 2.05) is 0 Å². The van der Waals surface area contributed by atoms with Gasteiger partial charge in [0.25, 0.3) is 0 Å². The van der Waals surface area contributed by atoms with E-state index in [0.29, 0.717) is 0 Å². The zero-order chi connectivity index (χ0) is 8.65. The molecule has 0 amide bonds. The molecule has 1 aliphatic rings. The van der Waals surface area contributed by atoms with Gasteiger partial charge in [0.05, 0.1) is 10.1 Å². The summed E-state index contributed by atoms with van der Waals surface area (Å²) >= 11 is 16.2. The molecule has 1 N–H and O–H groups in total. The van der Waals surface area contributed by atoms with E-state index in [1.165, 1.54) is 0 Å². The van der Waals surface area contributed by atoms with Crippen LogP contribution in [0.4, 0.5) is 0 Å². The molecule has 0 aliphatic heterocycles. The van der Waals surface area contributed by atoms with E-state index in [4.69, 9.17) is 39.9 Å². The lowest BCUT2D eigenvalue weighted by Gasteiger charge is -2.16. The topological polar surface area (TPSA) is 37.3 Å². The molecule has 11 heavy (non-hydrogen) atoms. The van der Waals surface area contributed by atoms with E-state index in [9.17, 15) is 4.79 Å². The highest BCUT2D eigenvalue weighted by Crippen LogP contribution is 2.29. The first-order chi connectivity index (χ1) is 4.92. The van der Waals surface area contributed by atoms with Gasteiger partial charge in [-0.05, 0) is 12.2 Å². The average molecular weight is 213 g/mol. The van der Waals surface area contributed by atoms with Crippen molar-refractivity contribution in [2.75, 3.05) is 0 Å². The third kappa shape index (κ3) is 1.97. The lowest BCUT2D eigenvalue weighted by Crippen LogP contribution is -2.21. The van der Waals surface area contributed by atoms with E-state index < -0.39 is 10.8 Å². The summed E-state index contributed by atoms with van der Waals surface area (Å²) in [7, 11) is 0. The second-order valence-electron chi connectivity index (χ2n) is 2.04. The fraction of sp³-hybridized carbons (Fsp3) is 0.167. The number of hydrogen-bond donors (Lipinski definition) is 1. The zero-order valence-electron chi connectivity index (χ0n) is 5.14. The third-order valence-electron chi connectivity index (χ3n) is 1.09. The average Bonchev–Trinajstić information content (AvgIpc) is 1.81. The predicted molar refractivity (Wildman–Crippen MR) is 43.7 cm³/mol. The minimum absolute atomic E-state index is 0.171. The number of carbonyl (C=O) groups excluding carboxylic acids is 1. The van der Waals surface area contributed by atoms with E-state index in [-0.39, 0.29) is 10.1 Å². The third-order valence-corrected chi connectivity index (χ3v) is 1.87. The Morgan fingerprint density at radius 1 is 1.27 bits per heavy atom. The number of aliphatic hydroxyl groups is 1. The van der Waals surface area contributed by atoms with Gasteiger partial charge in [-0.2, -0.15) is 0 Å². The van der Waals surface area contributed by atoms with Gasteiger partial charge in [0.15, 0.2) is 5.06 Å². The van der Waals surface area contributed by atoms with Crippen molar-refractivity contribution in [2.45, 2.75) is 5.06 Å². The quantitative estimate of drug-likeness (QED) is 0.623. The molecule has 0 radical (unpaired) electrons. The van der Waals surface area contributed by atoms with Gasteiger partial charge >= 0.3 is 0 Å². The highest BCUT2D eigenvalue weighted by atomic mass is 35.5. The summed E-state index contributed by atoms with van der Waals surface area (Å²) in [6.45, 7) is 0. The first-order valence-electron chi connectivity index (χ1n) is 2.65. The molecule has 0 saturated heterocycles. The largest absolute Gasteiger partial charge is 0.368 e. The van der Waals surface area contributed by atoms with Crippen molar-refractivity contribution in [3.8, 4) is 0 Å². The van der Waals surface area contributed by atoms with Crippen LogP contribution >= 0.6 is 34.8 Å². The molecule has 0 aromatic rings. The van der Waals surface area contributed by atoms with Crippen molar-refractivity contribution in [3.63, 3.8) is 0 Å². The Bertz CT molecular complexity index is 241. The lowest BCUT2D eigenvalue weighted by molar-refractivity contribution is -0.111. The van der Waals surface area contributed by atoms with Crippen LogP contribution in [0.1, 0.15) is 0 Å². The monoisotopic (exact) mass is 212 g/mol. The van der Waals surface area contributed by atoms with Gasteiger partial charge in [-0.3, -0.25) is 4.79 Å². The Morgan fingerprint density at radius 3 is 2.00 bits per heavy atom. The van der Waals surface area contributed by atoms with E-state index >= 15 is 0 Å². The van der Waals surface area contributed by atoms with Crippen LogP contribution in [0.5, 0.6) is 0 Å². The predicted octanol–water partition coefficient (Wildman–Crippen LogP) is 1.74. The summed E-state index contributed by atoms with van der Waals surface area (Å²) in [5, 5.41) is 7.05. The van der Waals surface area contributed by atoms with E-state index in [1.54, 1.807) is 0 Å². The Kier molecular flexibility index (Phi) is 2.30. The van der Waals surface area contributed by atoms with Crippen LogP contribution in [0.25, 0.3) is 0 Å². The van der Waals surface area contributed by atoms with Crippen molar-refractivity contribution in [1.82, 2.24) is 0 Å². The number of halogens is 3. The maximum absolute atomic E-state index is 10.8. The molecule has 60 valence electrons. The van der Waals surface area contributed by atoms with Crippen molar-refractivity contribution in [3.05, 3.63) is 22.2 Å². The van der Waals surface area contributed by atoms with Crippen molar-refractivity contribution in [1.29, 1.82) is 0 Å². The first-order valence-corrected chi connectivity index (χ1v) is 3.78. The minimum atomic E-state index is -1.73. The van der Waals surface area contributed by atoms with Crippen molar-refractivity contribution in [2.24, 2.45) is 0 Å². The van der Waals surface area contributed by atoms with Gasteiger partial charge in [0, 0.05) is 0 Å². The second-order valence-corrected chi connectivity index (χ2v) is 3.46. The maximum Gasteiger partial charge on any atom is 0.215 e. The van der Waals surface area contributed by atoms with Gasteiger partial charge in [-0.25, -0.2) is 0 Å². The fourth-order valence-electron chi connectivity index (χ4n) is 0.642. The minimum Gasteiger partial charge on any atom is -0.368 e. The van der Waals surface area contributed by atoms with E-state index in [2.05, 4.69) is 0 Å². The summed E-state index contributed by atoms with van der Waals surface area (Å²) in [6.07, 6.45) is 2.04. The zero-order valence-corrected chi connectivity index (χ0v) is 7.41. The molecule has 1 aliphatic carbocycles. The lowest BCUT2D eigenvalue weighted by atomic mass is 10.1. The molecule has 0 unspecified atom stereocenters. The van der Waals surface area contributed by atoms with Crippen LogP contribution in [0, 0.1) is 0 Å². The Labute approximate surface area is 78.0 Å². The molecular weight excluding hydrogens is 210 g/mol. The molecule has 0 atom stereocenters. The van der Waals surface area contributed by atoms with E-state index in [0.717, 1.165) is 12.2 Å². The van der Waals surface area contributed by atoms with Gasteiger partial charge in [-0.1, -0.05) is 34.8 Å². The number of ketones is 1. The maximum atomic E-state index is 10.8. The Balaban J connectivity index is 3.08. The smallest absolute Gasteiger partial charge is 0.215 e. The van der Waals surface area contributed by atoms with Crippen LogP contribution in [0.2, 0.25) is 0 Å². The van der Waals surface area contributed by atoms with Crippen LogP contribution in [-0.2, 0) is 4.79 Å². The molecule has 1 rings (SSSR count). The number of Topliss-reactive ketones (excluding diaryl/α,β-unsaturated/α-hetero) is 1. The Morgan fingerprint density at radius 2 is 1.64 bits per heavy atom. The molecule has 0 aromatic heterocycles. The summed E-state index contributed by atoms with van der Waals surface area (Å²) in [6, 6.07) is 0. The fourth-order valence-corrected chi connectivity index (χ4v) is 1.56. The molecule has 0 aromatic carbocycles. The number of allylic oxidation sites excluding steroid dienone is 2. The van der Waals surface area contributed by atoms with Gasteiger partial charge < -0.3 is 5.11 Å². The molecule has 2 nitrogen and oxygen atoms in total. The highest BCUT2D eigenvalue weighted by Gasteiger charge is 2.28. The SMILES string of the molecule is O=C1C(Cl)=CC(O)(Cl)C=C1Cl. The molecular formula is C6H3Cl3O2. The Hall–Kier alpha value is -0.0200. The van der Waals surface area contributed by atoms with Crippen molar-refractivity contribution >= 4 is 40.6 Å². The second kappa shape index (κ2) is 2.79. The van der Waals surface area contributed by atoms with Gasteiger partial charge in [0.2, 0.25) is 5.78 Å². The summed E-state index contributed by atoms with van der Waals surface area (Å²) in [5.41, 5.74) is 0. The standard InChI is InChI=1S/C6H3Cl3O2/c7-3-1-6(9,11)2-4(8)5(3)10/h1-2,11H. The normalized spacial score (nSPS) is 22.7. The molecule has 0 saturated carbocycles. The molecule has 0 bridgehead atoms. The molecule has 0 spiro atoms. The van der Waals surface area contributed by atoms with Crippen LogP contribution in [-0.4, -0.2) is 16.0 Å². The number of rotatable bonds is 0. The highest BCUT2D eigenvalue weighted by molar-refractivity contribution is 6.55. The summed E-state index contributed by atoms with van der Waals surface area (Å²) < 4.78 is 0. The first kappa shape index (κ1) is 9.07. The summed E-state index contributed by atoms with van der Waals surface area (Å²) in [5.74, 6) is -0.529. The molecule has 0 heterocycles. The number of carbonyl (C=O) groups is 1. The number of hydrogen-bond acceptors (Lipinski definition) is 2. The van der Waals surface area contributed by atoms with Crippen LogP contribution in [0.15, 0.2) is 22.2 Å². The van der Waals surface area contributed by atoms with Crippen LogP contribution in [0.3, 0.4) is 0 Å². The molecule has 0 fully saturated rings. The van der Waals surface area contributed by atoms with Crippen molar-refractivity contribution < 1.29 is 9.90 Å². The van der Waals surface area contributed by atoms with Gasteiger partial charge in [-0.15, -0.1) is 0 Å².